The van der Waals surface area contributed by atoms with Crippen LogP contribution in [0.2, 0.25) is 0 Å². The second kappa shape index (κ2) is 8.03. The molecule has 1 aliphatic heterocycles. The molecule has 0 aromatic heterocycles. The predicted octanol–water partition coefficient (Wildman–Crippen LogP) is 3.26. The normalized spacial score (nSPS) is 14.5. The number of para-hydroxylation sites is 3. The van der Waals surface area contributed by atoms with Crippen LogP contribution in [0.3, 0.4) is 0 Å². The van der Waals surface area contributed by atoms with Crippen LogP contribution in [0.25, 0.3) is 0 Å². The summed E-state index contributed by atoms with van der Waals surface area (Å²) in [6.45, 7) is -0.736. The molecule has 0 aliphatic carbocycles. The molecule has 0 N–H and O–H groups in total. The van der Waals surface area contributed by atoms with Gasteiger partial charge in [-0.15, -0.1) is 0 Å². The van der Waals surface area contributed by atoms with E-state index in [0.29, 0.717) is 26.2 Å². The van der Waals surface area contributed by atoms with E-state index in [2.05, 4.69) is 9.64 Å². The van der Waals surface area contributed by atoms with Gasteiger partial charge in [0.15, 0.2) is 0 Å². The van der Waals surface area contributed by atoms with Gasteiger partial charge >= 0.3 is 6.61 Å². The molecule has 26 heavy (non-hydrogen) atoms. The average Bonchev–Trinajstić information content (AvgIpc) is 2.67. The van der Waals surface area contributed by atoms with E-state index in [4.69, 9.17) is 4.74 Å². The molecule has 0 atom stereocenters. The Balaban J connectivity index is 1.69. The van der Waals surface area contributed by atoms with Crippen molar-refractivity contribution in [3.05, 3.63) is 54.1 Å². The number of nitrogens with zero attached hydrogens (tertiary/aromatic N) is 2. The van der Waals surface area contributed by atoms with Gasteiger partial charge in [0.2, 0.25) is 0 Å². The Labute approximate surface area is 150 Å². The molecule has 138 valence electrons. The third kappa shape index (κ3) is 3.87. The number of hydrogen-bond acceptors (Lipinski definition) is 4. The zero-order valence-electron chi connectivity index (χ0n) is 14.4. The lowest BCUT2D eigenvalue weighted by atomic mass is 10.1. The first-order chi connectivity index (χ1) is 12.6. The topological polar surface area (TPSA) is 42.0 Å². The number of piperazine rings is 1. The molecule has 7 heteroatoms. The van der Waals surface area contributed by atoms with Crippen molar-refractivity contribution in [2.45, 2.75) is 6.61 Å². The molecular formula is C19H20F2N2O3. The molecule has 5 nitrogen and oxygen atoms in total. The van der Waals surface area contributed by atoms with Crippen molar-refractivity contribution in [3.8, 4) is 11.5 Å². The van der Waals surface area contributed by atoms with Crippen LogP contribution in [-0.4, -0.2) is 50.7 Å². The molecule has 0 spiro atoms. The molecule has 1 heterocycles. The second-order valence-electron chi connectivity index (χ2n) is 5.83. The molecule has 2 aromatic carbocycles. The first kappa shape index (κ1) is 18.0. The number of carbonyl (C=O) groups excluding carboxylic acids is 1. The lowest BCUT2D eigenvalue weighted by molar-refractivity contribution is -0.0502. The Morgan fingerprint density at radius 3 is 2.23 bits per heavy atom. The van der Waals surface area contributed by atoms with Gasteiger partial charge in [0.1, 0.15) is 11.5 Å². The van der Waals surface area contributed by atoms with Crippen molar-refractivity contribution >= 4 is 11.6 Å². The van der Waals surface area contributed by atoms with Crippen LogP contribution < -0.4 is 14.4 Å². The number of methoxy groups -OCH3 is 1. The molecule has 1 fully saturated rings. The van der Waals surface area contributed by atoms with Crippen LogP contribution >= 0.6 is 0 Å². The predicted molar refractivity (Wildman–Crippen MR) is 94.2 cm³/mol. The fourth-order valence-corrected chi connectivity index (χ4v) is 3.05. The molecule has 0 radical (unpaired) electrons. The maximum absolute atomic E-state index is 12.7. The largest absolute Gasteiger partial charge is 0.495 e. The number of rotatable bonds is 5. The number of amides is 1. The average molecular weight is 362 g/mol. The second-order valence-corrected chi connectivity index (χ2v) is 5.83. The minimum atomic E-state index is -2.97. The zero-order chi connectivity index (χ0) is 18.5. The summed E-state index contributed by atoms with van der Waals surface area (Å²) in [4.78, 5) is 16.5. The Hall–Kier alpha value is -2.83. The number of anilines is 1. The van der Waals surface area contributed by atoms with Gasteiger partial charge in [-0.2, -0.15) is 8.78 Å². The van der Waals surface area contributed by atoms with E-state index in [1.165, 1.54) is 12.1 Å². The third-order valence-corrected chi connectivity index (χ3v) is 4.33. The molecule has 0 bridgehead atoms. The van der Waals surface area contributed by atoms with E-state index >= 15 is 0 Å². The first-order valence-electron chi connectivity index (χ1n) is 8.31. The van der Waals surface area contributed by atoms with Gasteiger partial charge in [-0.3, -0.25) is 4.79 Å². The molecular weight excluding hydrogens is 342 g/mol. The summed E-state index contributed by atoms with van der Waals surface area (Å²) in [5.74, 6) is 0.378. The highest BCUT2D eigenvalue weighted by atomic mass is 19.3. The van der Waals surface area contributed by atoms with Crippen LogP contribution in [0, 0.1) is 0 Å². The first-order valence-corrected chi connectivity index (χ1v) is 8.31. The Morgan fingerprint density at radius 1 is 0.962 bits per heavy atom. The van der Waals surface area contributed by atoms with Gasteiger partial charge in [0.25, 0.3) is 5.91 Å². The highest BCUT2D eigenvalue weighted by Crippen LogP contribution is 2.29. The van der Waals surface area contributed by atoms with Gasteiger partial charge in [-0.25, -0.2) is 0 Å². The molecule has 0 unspecified atom stereocenters. The maximum atomic E-state index is 12.7. The van der Waals surface area contributed by atoms with Crippen LogP contribution in [-0.2, 0) is 0 Å². The van der Waals surface area contributed by atoms with Crippen LogP contribution in [0.4, 0.5) is 14.5 Å². The fourth-order valence-electron chi connectivity index (χ4n) is 3.05. The van der Waals surface area contributed by atoms with Crippen molar-refractivity contribution < 1.29 is 23.0 Å². The summed E-state index contributed by atoms with van der Waals surface area (Å²) in [5, 5.41) is 0. The number of benzene rings is 2. The summed E-state index contributed by atoms with van der Waals surface area (Å²) in [5.41, 5.74) is 1.13. The van der Waals surface area contributed by atoms with Gasteiger partial charge in [0, 0.05) is 26.2 Å². The summed E-state index contributed by atoms with van der Waals surface area (Å²) >= 11 is 0. The molecule has 0 saturated carbocycles. The van der Waals surface area contributed by atoms with Crippen LogP contribution in [0.15, 0.2) is 48.5 Å². The van der Waals surface area contributed by atoms with Crippen LogP contribution in [0.5, 0.6) is 11.5 Å². The number of ether oxygens (including phenoxy) is 2. The zero-order valence-corrected chi connectivity index (χ0v) is 14.4. The van der Waals surface area contributed by atoms with E-state index in [0.717, 1.165) is 11.4 Å². The molecule has 1 saturated heterocycles. The number of carbonyl (C=O) groups is 1. The summed E-state index contributed by atoms with van der Waals surface area (Å²) in [7, 11) is 1.62. The van der Waals surface area contributed by atoms with Gasteiger partial charge in [0.05, 0.1) is 18.4 Å². The van der Waals surface area contributed by atoms with Crippen molar-refractivity contribution in [3.63, 3.8) is 0 Å². The smallest absolute Gasteiger partial charge is 0.387 e. The monoisotopic (exact) mass is 362 g/mol. The van der Waals surface area contributed by atoms with Crippen LogP contribution in [0.1, 0.15) is 10.4 Å². The van der Waals surface area contributed by atoms with E-state index in [1.54, 1.807) is 24.1 Å². The minimum absolute atomic E-state index is 0.0975. The number of halogens is 2. The summed E-state index contributed by atoms with van der Waals surface area (Å²) in [6.07, 6.45) is 0. The highest BCUT2D eigenvalue weighted by molar-refractivity contribution is 5.97. The van der Waals surface area contributed by atoms with E-state index < -0.39 is 6.61 Å². The number of alkyl halides is 2. The van der Waals surface area contributed by atoms with Crippen molar-refractivity contribution in [1.82, 2.24) is 4.90 Å². The Morgan fingerprint density at radius 2 is 1.58 bits per heavy atom. The van der Waals surface area contributed by atoms with Crippen molar-refractivity contribution in [1.29, 1.82) is 0 Å². The van der Waals surface area contributed by atoms with Crippen molar-refractivity contribution in [2.75, 3.05) is 38.2 Å². The Kier molecular flexibility index (Phi) is 5.55. The number of hydrogen-bond donors (Lipinski definition) is 0. The van der Waals surface area contributed by atoms with Gasteiger partial charge in [-0.1, -0.05) is 24.3 Å². The maximum Gasteiger partial charge on any atom is 0.387 e. The lowest BCUT2D eigenvalue weighted by Crippen LogP contribution is -2.49. The van der Waals surface area contributed by atoms with E-state index in [9.17, 15) is 13.6 Å². The molecule has 1 amide bonds. The fraction of sp³-hybridized carbons (Fsp3) is 0.316. The summed E-state index contributed by atoms with van der Waals surface area (Å²) in [6, 6.07) is 13.8. The minimum Gasteiger partial charge on any atom is -0.495 e. The summed E-state index contributed by atoms with van der Waals surface area (Å²) < 4.78 is 35.0. The van der Waals surface area contributed by atoms with E-state index in [-0.39, 0.29) is 17.2 Å². The standard InChI is InChI=1S/C19H20F2N2O3/c1-25-17-9-5-3-7-15(17)22-10-12-23(13-11-22)18(24)14-6-2-4-8-16(14)26-19(20)21/h2-9,19H,10-13H2,1H3. The quantitative estimate of drug-likeness (QED) is 0.819. The highest BCUT2D eigenvalue weighted by Gasteiger charge is 2.26. The van der Waals surface area contributed by atoms with Gasteiger partial charge in [-0.05, 0) is 24.3 Å². The molecule has 1 aliphatic rings. The molecule has 2 aromatic rings. The Bertz CT molecular complexity index is 762. The third-order valence-electron chi connectivity index (χ3n) is 4.33. The van der Waals surface area contributed by atoms with Crippen molar-refractivity contribution in [2.24, 2.45) is 0 Å². The molecule has 3 rings (SSSR count). The SMILES string of the molecule is COc1ccccc1N1CCN(C(=O)c2ccccc2OC(F)F)CC1. The lowest BCUT2D eigenvalue weighted by Gasteiger charge is -2.36. The van der Waals surface area contributed by atoms with E-state index in [1.807, 2.05) is 24.3 Å². The van der Waals surface area contributed by atoms with Gasteiger partial charge < -0.3 is 19.3 Å².